The van der Waals surface area contributed by atoms with Gasteiger partial charge in [0.25, 0.3) is 5.91 Å². The van der Waals surface area contributed by atoms with E-state index in [0.717, 1.165) is 10.4 Å². The van der Waals surface area contributed by atoms with Crippen LogP contribution in [0, 0.1) is 0 Å². The molecular formula is C27H32N2O5S. The van der Waals surface area contributed by atoms with Crippen LogP contribution in [0.1, 0.15) is 41.6 Å². The van der Waals surface area contributed by atoms with E-state index in [4.69, 9.17) is 14.2 Å². The van der Waals surface area contributed by atoms with E-state index >= 15 is 0 Å². The third kappa shape index (κ3) is 8.33. The van der Waals surface area contributed by atoms with E-state index in [1.165, 1.54) is 0 Å². The number of nitrogens with zero attached hydrogens (tertiary/aromatic N) is 1. The quantitative estimate of drug-likeness (QED) is 0.401. The maximum absolute atomic E-state index is 13.4. The van der Waals surface area contributed by atoms with E-state index in [9.17, 15) is 9.59 Å². The van der Waals surface area contributed by atoms with Gasteiger partial charge in [0.05, 0.1) is 13.7 Å². The second-order valence-corrected chi connectivity index (χ2v) is 9.91. The van der Waals surface area contributed by atoms with E-state index in [1.807, 2.05) is 47.8 Å². The molecule has 2 amide bonds. The molecule has 0 bridgehead atoms. The molecule has 0 saturated heterocycles. The van der Waals surface area contributed by atoms with Crippen molar-refractivity contribution in [3.05, 3.63) is 82.0 Å². The van der Waals surface area contributed by atoms with Gasteiger partial charge in [0, 0.05) is 23.5 Å². The Kier molecular flexibility index (Phi) is 9.14. The van der Waals surface area contributed by atoms with Crippen LogP contribution in [0.2, 0.25) is 0 Å². The number of alkyl carbamates (subject to hydrolysis) is 1. The molecule has 0 aliphatic rings. The summed E-state index contributed by atoms with van der Waals surface area (Å²) in [6, 6.07) is 18.9. The van der Waals surface area contributed by atoms with E-state index < -0.39 is 11.7 Å². The van der Waals surface area contributed by atoms with Gasteiger partial charge in [0.15, 0.2) is 11.5 Å². The van der Waals surface area contributed by atoms with E-state index in [1.54, 1.807) is 62.3 Å². The summed E-state index contributed by atoms with van der Waals surface area (Å²) in [5, 5.41) is 4.69. The van der Waals surface area contributed by atoms with Crippen molar-refractivity contribution in [2.75, 3.05) is 20.2 Å². The molecule has 0 radical (unpaired) electrons. The van der Waals surface area contributed by atoms with E-state index in [-0.39, 0.29) is 12.5 Å². The zero-order valence-corrected chi connectivity index (χ0v) is 21.4. The normalized spacial score (nSPS) is 11.0. The van der Waals surface area contributed by atoms with Gasteiger partial charge < -0.3 is 24.4 Å². The lowest BCUT2D eigenvalue weighted by Crippen LogP contribution is -2.40. The Labute approximate surface area is 210 Å². The smallest absolute Gasteiger partial charge is 0.407 e. The lowest BCUT2D eigenvalue weighted by atomic mass is 10.1. The first-order valence-electron chi connectivity index (χ1n) is 11.4. The van der Waals surface area contributed by atoms with Crippen LogP contribution in [0.3, 0.4) is 0 Å². The van der Waals surface area contributed by atoms with Crippen molar-refractivity contribution in [2.24, 2.45) is 0 Å². The summed E-state index contributed by atoms with van der Waals surface area (Å²) in [4.78, 5) is 28.2. The van der Waals surface area contributed by atoms with Gasteiger partial charge in [-0.1, -0.05) is 36.4 Å². The molecule has 1 heterocycles. The highest BCUT2D eigenvalue weighted by molar-refractivity contribution is 7.09. The van der Waals surface area contributed by atoms with Crippen LogP contribution in [0.4, 0.5) is 4.79 Å². The first-order valence-corrected chi connectivity index (χ1v) is 12.3. The number of rotatable bonds is 10. The molecule has 0 spiro atoms. The van der Waals surface area contributed by atoms with Crippen LogP contribution < -0.4 is 14.8 Å². The third-order valence-corrected chi connectivity index (χ3v) is 5.77. The average Bonchev–Trinajstić information content (AvgIpc) is 3.34. The third-order valence-electron chi connectivity index (χ3n) is 4.91. The van der Waals surface area contributed by atoms with Crippen molar-refractivity contribution in [3.63, 3.8) is 0 Å². The largest absolute Gasteiger partial charge is 0.493 e. The number of carbonyl (C=O) groups excluding carboxylic acids is 2. The van der Waals surface area contributed by atoms with Crippen molar-refractivity contribution in [1.29, 1.82) is 0 Å². The second-order valence-electron chi connectivity index (χ2n) is 8.87. The fraction of sp³-hybridized carbons (Fsp3) is 0.333. The molecular weight excluding hydrogens is 464 g/mol. The molecule has 0 fully saturated rings. The molecule has 7 nitrogen and oxygen atoms in total. The molecule has 0 aliphatic carbocycles. The topological polar surface area (TPSA) is 77.1 Å². The monoisotopic (exact) mass is 496 g/mol. The number of ether oxygens (including phenoxy) is 3. The molecule has 0 unspecified atom stereocenters. The lowest BCUT2D eigenvalue weighted by Gasteiger charge is -2.24. The Bertz CT molecular complexity index is 1090. The number of methoxy groups -OCH3 is 1. The van der Waals surface area contributed by atoms with Crippen LogP contribution >= 0.6 is 11.3 Å². The highest BCUT2D eigenvalue weighted by Crippen LogP contribution is 2.29. The maximum atomic E-state index is 13.4. The van der Waals surface area contributed by atoms with Gasteiger partial charge >= 0.3 is 6.09 Å². The first kappa shape index (κ1) is 26.1. The predicted octanol–water partition coefficient (Wildman–Crippen LogP) is 5.50. The summed E-state index contributed by atoms with van der Waals surface area (Å²) < 4.78 is 16.7. The molecule has 3 aromatic rings. The van der Waals surface area contributed by atoms with Crippen LogP contribution in [0.5, 0.6) is 11.5 Å². The summed E-state index contributed by atoms with van der Waals surface area (Å²) >= 11 is 1.58. The Morgan fingerprint density at radius 2 is 1.77 bits per heavy atom. The van der Waals surface area contributed by atoms with Crippen molar-refractivity contribution >= 4 is 23.3 Å². The van der Waals surface area contributed by atoms with E-state index in [2.05, 4.69) is 5.32 Å². The SMILES string of the molecule is COc1cc(C(=O)N(CCNC(=O)OC(C)(C)C)Cc2cccs2)ccc1OCc1ccccc1. The molecule has 1 N–H and O–H groups in total. The Balaban J connectivity index is 1.69. The fourth-order valence-corrected chi connectivity index (χ4v) is 4.01. The number of hydrogen-bond donors (Lipinski definition) is 1. The Morgan fingerprint density at radius 3 is 2.43 bits per heavy atom. The first-order chi connectivity index (χ1) is 16.7. The highest BCUT2D eigenvalue weighted by atomic mass is 32.1. The summed E-state index contributed by atoms with van der Waals surface area (Å²) in [6.07, 6.45) is -0.511. The standard InChI is InChI=1S/C27H32N2O5S/c1-27(2,3)34-26(31)28-14-15-29(18-22-11-8-16-35-22)25(30)21-12-13-23(24(17-21)32-4)33-19-20-9-6-5-7-10-20/h5-13,16-17H,14-15,18-19H2,1-4H3,(H,28,31). The molecule has 3 rings (SSSR count). The minimum atomic E-state index is -0.586. The molecule has 2 aromatic carbocycles. The number of benzene rings is 2. The molecule has 0 atom stereocenters. The van der Waals surface area contributed by atoms with Crippen molar-refractivity contribution in [1.82, 2.24) is 10.2 Å². The minimum Gasteiger partial charge on any atom is -0.493 e. The molecule has 1 aromatic heterocycles. The summed E-state index contributed by atoms with van der Waals surface area (Å²) in [7, 11) is 1.55. The molecule has 0 aliphatic heterocycles. The zero-order chi connectivity index (χ0) is 25.3. The Hall–Kier alpha value is -3.52. The van der Waals surface area contributed by atoms with Crippen LogP contribution in [0.25, 0.3) is 0 Å². The second kappa shape index (κ2) is 12.3. The highest BCUT2D eigenvalue weighted by Gasteiger charge is 2.20. The van der Waals surface area contributed by atoms with Crippen molar-refractivity contribution < 1.29 is 23.8 Å². The summed E-state index contributed by atoms with van der Waals surface area (Å²) in [5.74, 6) is 0.872. The van der Waals surface area contributed by atoms with Gasteiger partial charge in [0.2, 0.25) is 0 Å². The zero-order valence-electron chi connectivity index (χ0n) is 20.6. The van der Waals surface area contributed by atoms with Crippen LogP contribution in [-0.2, 0) is 17.9 Å². The number of hydrogen-bond acceptors (Lipinski definition) is 6. The fourth-order valence-electron chi connectivity index (χ4n) is 3.29. The van der Waals surface area contributed by atoms with Crippen LogP contribution in [-0.4, -0.2) is 42.7 Å². The van der Waals surface area contributed by atoms with Gasteiger partial charge in [-0.3, -0.25) is 4.79 Å². The molecule has 0 saturated carbocycles. The molecule has 35 heavy (non-hydrogen) atoms. The van der Waals surface area contributed by atoms with Gasteiger partial charge in [-0.05, 0) is 56.0 Å². The lowest BCUT2D eigenvalue weighted by molar-refractivity contribution is 0.0512. The number of thiophene rings is 1. The van der Waals surface area contributed by atoms with Crippen molar-refractivity contribution in [2.45, 2.75) is 39.5 Å². The van der Waals surface area contributed by atoms with Gasteiger partial charge in [-0.2, -0.15) is 0 Å². The van der Waals surface area contributed by atoms with Crippen LogP contribution in [0.15, 0.2) is 66.0 Å². The molecule has 8 heteroatoms. The minimum absolute atomic E-state index is 0.169. The molecule has 186 valence electrons. The number of nitrogens with one attached hydrogen (secondary N) is 1. The van der Waals surface area contributed by atoms with Gasteiger partial charge in [-0.25, -0.2) is 4.79 Å². The number of carbonyl (C=O) groups is 2. The summed E-state index contributed by atoms with van der Waals surface area (Å²) in [6.45, 7) is 6.83. The van der Waals surface area contributed by atoms with Gasteiger partial charge in [0.1, 0.15) is 12.2 Å². The predicted molar refractivity (Wildman–Crippen MR) is 137 cm³/mol. The maximum Gasteiger partial charge on any atom is 0.407 e. The van der Waals surface area contributed by atoms with Crippen molar-refractivity contribution in [3.8, 4) is 11.5 Å². The summed E-state index contributed by atoms with van der Waals surface area (Å²) in [5.41, 5.74) is 0.925. The van der Waals surface area contributed by atoms with Gasteiger partial charge in [-0.15, -0.1) is 11.3 Å². The average molecular weight is 497 g/mol. The Morgan fingerprint density at radius 1 is 1.00 bits per heavy atom. The number of amides is 2. The van der Waals surface area contributed by atoms with E-state index in [0.29, 0.717) is 36.8 Å².